The summed E-state index contributed by atoms with van der Waals surface area (Å²) in [6, 6.07) is 21.1. The van der Waals surface area contributed by atoms with Gasteiger partial charge in [0.1, 0.15) is 16.9 Å². The Labute approximate surface area is 273 Å². The van der Waals surface area contributed by atoms with Gasteiger partial charge in [-0.25, -0.2) is 9.67 Å². The monoisotopic (exact) mass is 666 g/mol. The van der Waals surface area contributed by atoms with E-state index in [1.54, 1.807) is 37.5 Å². The summed E-state index contributed by atoms with van der Waals surface area (Å²) in [5.74, 6) is 0.199. The molecule has 0 bridgehead atoms. The summed E-state index contributed by atoms with van der Waals surface area (Å²) >= 11 is 0. The molecule has 1 N–H and O–H groups in total. The summed E-state index contributed by atoms with van der Waals surface area (Å²) in [5, 5.41) is 7.15. The first-order valence-electron chi connectivity index (χ1n) is 15.0. The van der Waals surface area contributed by atoms with Crippen LogP contribution in [0.15, 0.2) is 76.6 Å². The lowest BCUT2D eigenvalue weighted by molar-refractivity contribution is -0.0623. The minimum atomic E-state index is -2.81. The molecule has 2 aromatic carbocycles. The first-order chi connectivity index (χ1) is 21.5. The van der Waals surface area contributed by atoms with Crippen molar-refractivity contribution >= 4 is 63.6 Å². The van der Waals surface area contributed by atoms with Crippen LogP contribution in [-0.2, 0) is 13.9 Å². The quantitative estimate of drug-likeness (QED) is 0.0740. The highest BCUT2D eigenvalue weighted by atomic mass is 33.1. The standard InChI is InChI=1S/C32H42N6O4S2Si/c1-22(44-43-7)41-26-18-28(38-29-25(19-34-38)30(39)36-31(35-29)33-21-37(5)6)42-27(26)20-40-45(32(2,3)4,23-14-10-8-11-15-23)24-16-12-9-13-17-24/h8-17,19,21-22,26-28H,18,20H2,1-7H3,(H,35,36,39)/t22-,26-,27-,28-/m1/s1. The number of rotatable bonds is 12. The van der Waals surface area contributed by atoms with Crippen LogP contribution < -0.4 is 15.9 Å². The summed E-state index contributed by atoms with van der Waals surface area (Å²) in [6.07, 6.45) is 4.52. The Balaban J connectivity index is 1.50. The average molecular weight is 667 g/mol. The van der Waals surface area contributed by atoms with Gasteiger partial charge >= 0.3 is 0 Å². The molecule has 1 aliphatic heterocycles. The Bertz CT molecular complexity index is 1600. The first-order valence-corrected chi connectivity index (χ1v) is 19.5. The van der Waals surface area contributed by atoms with Gasteiger partial charge in [-0.15, -0.1) is 0 Å². The fourth-order valence-corrected chi connectivity index (χ4v) is 11.9. The predicted molar refractivity (Wildman–Crippen MR) is 188 cm³/mol. The van der Waals surface area contributed by atoms with Crippen LogP contribution in [0.4, 0.5) is 5.95 Å². The van der Waals surface area contributed by atoms with E-state index >= 15 is 0 Å². The number of benzene rings is 2. The third kappa shape index (κ3) is 7.23. The molecule has 3 heterocycles. The number of aromatic amines is 1. The lowest BCUT2D eigenvalue weighted by Gasteiger charge is -2.43. The topological polar surface area (TPSA) is 107 Å². The Hall–Kier alpha value is -2.94. The lowest BCUT2D eigenvalue weighted by Crippen LogP contribution is -2.67. The molecular weight excluding hydrogens is 625 g/mol. The maximum atomic E-state index is 12.9. The summed E-state index contributed by atoms with van der Waals surface area (Å²) in [6.45, 7) is 9.17. The molecule has 0 aliphatic carbocycles. The van der Waals surface area contributed by atoms with Crippen LogP contribution in [0.25, 0.3) is 11.0 Å². The highest BCUT2D eigenvalue weighted by molar-refractivity contribution is 8.76. The van der Waals surface area contributed by atoms with Gasteiger partial charge in [-0.2, -0.15) is 10.1 Å². The lowest BCUT2D eigenvalue weighted by atomic mass is 10.2. The number of H-pyrrole nitrogens is 1. The number of nitrogens with zero attached hydrogens (tertiary/aromatic N) is 5. The van der Waals surface area contributed by atoms with Gasteiger partial charge in [-0.05, 0) is 28.6 Å². The maximum Gasteiger partial charge on any atom is 0.263 e. The zero-order valence-electron chi connectivity index (χ0n) is 26.8. The molecule has 45 heavy (non-hydrogen) atoms. The third-order valence-electron chi connectivity index (χ3n) is 7.79. The van der Waals surface area contributed by atoms with E-state index in [0.29, 0.717) is 24.1 Å². The predicted octanol–water partition coefficient (Wildman–Crippen LogP) is 4.95. The fourth-order valence-electron chi connectivity index (χ4n) is 5.88. The van der Waals surface area contributed by atoms with Crippen molar-refractivity contribution in [3.8, 4) is 0 Å². The fraction of sp³-hybridized carbons (Fsp3) is 0.438. The van der Waals surface area contributed by atoms with Gasteiger partial charge in [-0.1, -0.05) is 103 Å². The summed E-state index contributed by atoms with van der Waals surface area (Å²) < 4.78 is 22.2. The molecule has 4 aromatic rings. The number of fused-ring (bicyclic) bond motifs is 1. The number of aromatic nitrogens is 4. The Morgan fingerprint density at radius 1 is 1.16 bits per heavy atom. The van der Waals surface area contributed by atoms with E-state index < -0.39 is 14.5 Å². The molecule has 1 saturated heterocycles. The van der Waals surface area contributed by atoms with Gasteiger partial charge in [0.25, 0.3) is 13.9 Å². The van der Waals surface area contributed by atoms with Crippen molar-refractivity contribution in [2.24, 2.45) is 4.99 Å². The molecule has 10 nitrogen and oxygen atoms in total. The minimum absolute atomic E-state index is 0.0648. The number of hydrogen-bond donors (Lipinski definition) is 1. The molecule has 5 rings (SSSR count). The zero-order chi connectivity index (χ0) is 32.2. The van der Waals surface area contributed by atoms with Crippen LogP contribution in [0.2, 0.25) is 5.04 Å². The zero-order valence-corrected chi connectivity index (χ0v) is 29.5. The largest absolute Gasteiger partial charge is 0.405 e. The highest BCUT2D eigenvalue weighted by Crippen LogP contribution is 2.39. The van der Waals surface area contributed by atoms with Crippen LogP contribution in [0.1, 0.15) is 40.3 Å². The Morgan fingerprint density at radius 2 is 1.80 bits per heavy atom. The molecule has 0 spiro atoms. The minimum Gasteiger partial charge on any atom is -0.405 e. The summed E-state index contributed by atoms with van der Waals surface area (Å²) in [7, 11) is 4.21. The smallest absolute Gasteiger partial charge is 0.263 e. The number of hydrogen-bond acceptors (Lipinski definition) is 9. The van der Waals surface area contributed by atoms with Crippen LogP contribution >= 0.6 is 21.6 Å². The van der Waals surface area contributed by atoms with Crippen molar-refractivity contribution in [1.82, 2.24) is 24.6 Å². The van der Waals surface area contributed by atoms with Crippen LogP contribution in [0, 0.1) is 0 Å². The Kier molecular flexibility index (Phi) is 10.6. The number of ether oxygens (including phenoxy) is 2. The van der Waals surface area contributed by atoms with Crippen molar-refractivity contribution < 1.29 is 13.9 Å². The van der Waals surface area contributed by atoms with Gasteiger partial charge in [0.05, 0.1) is 25.2 Å². The molecule has 0 radical (unpaired) electrons. The SMILES string of the molecule is CSS[C@H](C)O[C@@H]1C[C@H](n2ncc3c(=O)[nH]c(N=CN(C)C)nc32)O[C@@H]1CO[Si](c1ccccc1)(c1ccccc1)C(C)(C)C. The van der Waals surface area contributed by atoms with E-state index in [4.69, 9.17) is 13.9 Å². The molecule has 1 aliphatic rings. The molecule has 240 valence electrons. The van der Waals surface area contributed by atoms with Crippen LogP contribution in [0.5, 0.6) is 0 Å². The van der Waals surface area contributed by atoms with Gasteiger partial charge in [0.2, 0.25) is 5.95 Å². The summed E-state index contributed by atoms with van der Waals surface area (Å²) in [4.78, 5) is 26.3. The third-order valence-corrected chi connectivity index (χ3v) is 14.8. The number of nitrogens with one attached hydrogen (secondary N) is 1. The second kappa shape index (κ2) is 14.2. The van der Waals surface area contributed by atoms with Crippen molar-refractivity contribution in [3.63, 3.8) is 0 Å². The van der Waals surface area contributed by atoms with Crippen molar-refractivity contribution in [1.29, 1.82) is 0 Å². The molecule has 0 saturated carbocycles. The Morgan fingerprint density at radius 3 is 2.38 bits per heavy atom. The van der Waals surface area contributed by atoms with E-state index in [-0.39, 0.29) is 34.2 Å². The van der Waals surface area contributed by atoms with Crippen molar-refractivity contribution in [3.05, 3.63) is 77.2 Å². The average Bonchev–Trinajstić information content (AvgIpc) is 3.61. The molecule has 0 unspecified atom stereocenters. The van der Waals surface area contributed by atoms with Crippen LogP contribution in [0.3, 0.4) is 0 Å². The highest BCUT2D eigenvalue weighted by Gasteiger charge is 2.51. The molecule has 1 fully saturated rings. The summed E-state index contributed by atoms with van der Waals surface area (Å²) in [5.41, 5.74) is 0.0398. The normalized spacial score (nSPS) is 19.8. The van der Waals surface area contributed by atoms with Gasteiger partial charge in [0, 0.05) is 20.5 Å². The first kappa shape index (κ1) is 33.4. The van der Waals surface area contributed by atoms with Gasteiger partial charge in [0.15, 0.2) is 11.9 Å². The second-order valence-electron chi connectivity index (χ2n) is 12.3. The molecule has 13 heteroatoms. The maximum absolute atomic E-state index is 12.9. The molecular formula is C32H42N6O4S2Si. The van der Waals surface area contributed by atoms with Crippen molar-refractivity contribution in [2.75, 3.05) is 27.0 Å². The number of aliphatic imine (C=N–C) groups is 1. The van der Waals surface area contributed by atoms with Gasteiger partial charge in [-0.3, -0.25) is 9.78 Å². The van der Waals surface area contributed by atoms with Crippen LogP contribution in [-0.4, -0.2) is 83.9 Å². The second-order valence-corrected chi connectivity index (χ2v) is 19.3. The van der Waals surface area contributed by atoms with Crippen molar-refractivity contribution in [2.45, 2.75) is 63.0 Å². The van der Waals surface area contributed by atoms with E-state index in [1.807, 2.05) is 39.4 Å². The van der Waals surface area contributed by atoms with E-state index in [2.05, 4.69) is 89.4 Å². The molecule has 2 aromatic heterocycles. The molecule has 0 amide bonds. The van der Waals surface area contributed by atoms with E-state index in [9.17, 15) is 4.79 Å². The van der Waals surface area contributed by atoms with E-state index in [0.717, 1.165) is 0 Å². The van der Waals surface area contributed by atoms with Gasteiger partial charge < -0.3 is 18.8 Å². The molecule has 4 atom stereocenters. The van der Waals surface area contributed by atoms with E-state index in [1.165, 1.54) is 16.6 Å².